The topological polar surface area (TPSA) is 44.0 Å². The Labute approximate surface area is 91.6 Å². The van der Waals surface area contributed by atoms with Crippen molar-refractivity contribution in [3.63, 3.8) is 0 Å². The summed E-state index contributed by atoms with van der Waals surface area (Å²) < 4.78 is 1.11. The van der Waals surface area contributed by atoms with E-state index in [4.69, 9.17) is 5.26 Å². The van der Waals surface area contributed by atoms with Gasteiger partial charge in [0.25, 0.3) is 0 Å². The number of thiophene rings is 1. The second-order valence-corrected chi connectivity index (χ2v) is 5.43. The molecule has 1 atom stereocenters. The van der Waals surface area contributed by atoms with Crippen LogP contribution in [0.4, 0.5) is 0 Å². The number of thioether (sulfide) groups is 1. The summed E-state index contributed by atoms with van der Waals surface area (Å²) in [5.41, 5.74) is 2.13. The molecule has 0 aliphatic heterocycles. The Balaban J connectivity index is 2.57. The molecule has 0 amide bonds. The zero-order chi connectivity index (χ0) is 10.1. The van der Waals surface area contributed by atoms with Gasteiger partial charge in [-0.3, -0.25) is 0 Å². The first-order valence-corrected chi connectivity index (χ1v) is 6.59. The molecule has 1 aliphatic rings. The third-order valence-corrected chi connectivity index (χ3v) is 4.83. The summed E-state index contributed by atoms with van der Waals surface area (Å²) >= 11 is 3.15. The fraction of sp³-hybridized carbons (Fsp3) is 0.500. The average Bonchev–Trinajstić information content (AvgIpc) is 2.57. The summed E-state index contributed by atoms with van der Waals surface area (Å²) in [5.74, 6) is 0. The molecule has 0 radical (unpaired) electrons. The zero-order valence-electron chi connectivity index (χ0n) is 7.91. The van der Waals surface area contributed by atoms with Crippen molar-refractivity contribution in [1.82, 2.24) is 0 Å². The highest BCUT2D eigenvalue weighted by Crippen LogP contribution is 2.43. The number of rotatable bonds is 1. The van der Waals surface area contributed by atoms with E-state index in [0.717, 1.165) is 39.5 Å². The molecule has 1 aliphatic carbocycles. The first kappa shape index (κ1) is 10.0. The number of fused-ring (bicyclic) bond motifs is 1. The molecule has 74 valence electrons. The first-order valence-electron chi connectivity index (χ1n) is 4.55. The number of hydrogen-bond acceptors (Lipinski definition) is 4. The minimum Gasteiger partial charge on any atom is -0.388 e. The van der Waals surface area contributed by atoms with Gasteiger partial charge in [0.1, 0.15) is 10.9 Å². The quantitative estimate of drug-likeness (QED) is 0.747. The lowest BCUT2D eigenvalue weighted by atomic mass is 9.92. The summed E-state index contributed by atoms with van der Waals surface area (Å²) in [7, 11) is 0. The van der Waals surface area contributed by atoms with Crippen LogP contribution < -0.4 is 0 Å². The van der Waals surface area contributed by atoms with E-state index >= 15 is 0 Å². The van der Waals surface area contributed by atoms with Crippen LogP contribution in [-0.4, -0.2) is 11.4 Å². The molecule has 0 fully saturated rings. The molecule has 14 heavy (non-hydrogen) atoms. The molecular weight excluding hydrogens is 214 g/mol. The average molecular weight is 225 g/mol. The number of aliphatic hydroxyl groups excluding tert-OH is 1. The molecule has 1 aromatic rings. The zero-order valence-corrected chi connectivity index (χ0v) is 9.54. The normalized spacial score (nSPS) is 20.2. The van der Waals surface area contributed by atoms with Crippen molar-refractivity contribution in [3.05, 3.63) is 16.0 Å². The predicted octanol–water partition coefficient (Wildman–Crippen LogP) is 2.71. The lowest BCUT2D eigenvalue weighted by molar-refractivity contribution is 0.154. The van der Waals surface area contributed by atoms with Gasteiger partial charge in [-0.15, -0.1) is 23.1 Å². The third kappa shape index (κ3) is 1.46. The second kappa shape index (κ2) is 3.93. The molecule has 1 aromatic heterocycles. The van der Waals surface area contributed by atoms with Gasteiger partial charge in [0.05, 0.1) is 10.3 Å². The fourth-order valence-corrected chi connectivity index (χ4v) is 3.90. The SMILES string of the molecule is CSc1sc(C#N)c2c1[C@@H](O)CCC2. The van der Waals surface area contributed by atoms with Crippen molar-refractivity contribution in [2.45, 2.75) is 29.6 Å². The van der Waals surface area contributed by atoms with E-state index in [1.165, 1.54) is 11.3 Å². The Morgan fingerprint density at radius 2 is 2.43 bits per heavy atom. The summed E-state index contributed by atoms with van der Waals surface area (Å²) in [6.45, 7) is 0. The fourth-order valence-electron chi connectivity index (χ4n) is 1.90. The van der Waals surface area contributed by atoms with Gasteiger partial charge in [0.15, 0.2) is 0 Å². The van der Waals surface area contributed by atoms with E-state index in [0.29, 0.717) is 0 Å². The van der Waals surface area contributed by atoms with Gasteiger partial charge in [0.2, 0.25) is 0 Å². The van der Waals surface area contributed by atoms with Crippen molar-refractivity contribution in [2.24, 2.45) is 0 Å². The van der Waals surface area contributed by atoms with Crippen LogP contribution >= 0.6 is 23.1 Å². The molecule has 4 heteroatoms. The van der Waals surface area contributed by atoms with E-state index in [1.54, 1.807) is 11.8 Å². The first-order chi connectivity index (χ1) is 6.77. The molecule has 0 spiro atoms. The Kier molecular flexibility index (Phi) is 2.82. The molecule has 0 saturated heterocycles. The van der Waals surface area contributed by atoms with Gasteiger partial charge < -0.3 is 5.11 Å². The van der Waals surface area contributed by atoms with Crippen LogP contribution in [0.1, 0.15) is 34.9 Å². The largest absolute Gasteiger partial charge is 0.388 e. The number of aliphatic hydroxyl groups is 1. The summed E-state index contributed by atoms with van der Waals surface area (Å²) in [6.07, 6.45) is 4.43. The molecule has 0 aromatic carbocycles. The van der Waals surface area contributed by atoms with Crippen molar-refractivity contribution in [1.29, 1.82) is 5.26 Å². The summed E-state index contributed by atoms with van der Waals surface area (Å²) in [4.78, 5) is 0.795. The molecule has 0 saturated carbocycles. The second-order valence-electron chi connectivity index (χ2n) is 3.33. The Morgan fingerprint density at radius 1 is 1.64 bits per heavy atom. The molecule has 1 N–H and O–H groups in total. The highest BCUT2D eigenvalue weighted by molar-refractivity contribution is 8.00. The van der Waals surface area contributed by atoms with E-state index < -0.39 is 0 Å². The molecule has 2 nitrogen and oxygen atoms in total. The van der Waals surface area contributed by atoms with Gasteiger partial charge in [-0.25, -0.2) is 0 Å². The minimum absolute atomic E-state index is 0.348. The summed E-state index contributed by atoms with van der Waals surface area (Å²) in [5, 5.41) is 18.8. The molecular formula is C10H11NOS2. The minimum atomic E-state index is -0.348. The van der Waals surface area contributed by atoms with Crippen LogP contribution in [0.25, 0.3) is 0 Å². The van der Waals surface area contributed by atoms with Crippen LogP contribution in [0.2, 0.25) is 0 Å². The van der Waals surface area contributed by atoms with Gasteiger partial charge in [-0.1, -0.05) is 0 Å². The number of nitriles is 1. The highest BCUT2D eigenvalue weighted by Gasteiger charge is 2.26. The van der Waals surface area contributed by atoms with Crippen molar-refractivity contribution in [3.8, 4) is 6.07 Å². The molecule has 0 unspecified atom stereocenters. The van der Waals surface area contributed by atoms with Crippen LogP contribution in [0.15, 0.2) is 4.21 Å². The van der Waals surface area contributed by atoms with Gasteiger partial charge in [-0.2, -0.15) is 5.26 Å². The Bertz CT molecular complexity index is 392. The predicted molar refractivity (Wildman–Crippen MR) is 58.7 cm³/mol. The molecule has 2 rings (SSSR count). The van der Waals surface area contributed by atoms with Gasteiger partial charge >= 0.3 is 0 Å². The van der Waals surface area contributed by atoms with Gasteiger partial charge in [0, 0.05) is 5.56 Å². The highest BCUT2D eigenvalue weighted by atomic mass is 32.2. The Hall–Kier alpha value is -0.500. The lowest BCUT2D eigenvalue weighted by Crippen LogP contribution is -2.08. The van der Waals surface area contributed by atoms with Crippen LogP contribution in [0.5, 0.6) is 0 Å². The van der Waals surface area contributed by atoms with Crippen LogP contribution in [0, 0.1) is 11.3 Å². The van der Waals surface area contributed by atoms with E-state index in [2.05, 4.69) is 6.07 Å². The third-order valence-electron chi connectivity index (χ3n) is 2.54. The number of hydrogen-bond donors (Lipinski definition) is 1. The molecule has 1 heterocycles. The van der Waals surface area contributed by atoms with E-state index in [-0.39, 0.29) is 6.10 Å². The van der Waals surface area contributed by atoms with Gasteiger partial charge in [-0.05, 0) is 31.1 Å². The maximum atomic E-state index is 9.87. The Morgan fingerprint density at radius 3 is 3.07 bits per heavy atom. The van der Waals surface area contributed by atoms with E-state index in [9.17, 15) is 5.11 Å². The lowest BCUT2D eigenvalue weighted by Gasteiger charge is -2.18. The van der Waals surface area contributed by atoms with Crippen LogP contribution in [0.3, 0.4) is 0 Å². The van der Waals surface area contributed by atoms with Crippen molar-refractivity contribution < 1.29 is 5.11 Å². The standard InChI is InChI=1S/C10H11NOS2/c1-13-10-9-6(8(5-11)14-10)3-2-4-7(9)12/h7,12H,2-4H2,1H3/t7-/m0/s1. The van der Waals surface area contributed by atoms with E-state index in [1.807, 2.05) is 6.26 Å². The van der Waals surface area contributed by atoms with Crippen molar-refractivity contribution in [2.75, 3.05) is 6.26 Å². The van der Waals surface area contributed by atoms with Crippen LogP contribution in [-0.2, 0) is 6.42 Å². The maximum absolute atomic E-state index is 9.87. The monoisotopic (exact) mass is 225 g/mol. The smallest absolute Gasteiger partial charge is 0.110 e. The number of nitrogens with zero attached hydrogens (tertiary/aromatic N) is 1. The summed E-state index contributed by atoms with van der Waals surface area (Å²) in [6, 6.07) is 2.22. The maximum Gasteiger partial charge on any atom is 0.110 e. The van der Waals surface area contributed by atoms with Crippen molar-refractivity contribution >= 4 is 23.1 Å². The molecule has 0 bridgehead atoms.